The highest BCUT2D eigenvalue weighted by Crippen LogP contribution is 2.31. The predicted octanol–water partition coefficient (Wildman–Crippen LogP) is 4.65. The number of hydrogen-bond acceptors (Lipinski definition) is 3. The zero-order chi connectivity index (χ0) is 24.3. The zero-order valence-electron chi connectivity index (χ0n) is 19.1. The van der Waals surface area contributed by atoms with E-state index < -0.39 is 0 Å². The Hall–Kier alpha value is -4.85. The second-order valence-corrected chi connectivity index (χ2v) is 6.46. The molecule has 3 nitrogen and oxygen atoms in total. The van der Waals surface area contributed by atoms with Gasteiger partial charge in [-0.3, -0.25) is 0 Å². The van der Waals surface area contributed by atoms with E-state index in [1.54, 1.807) is 13.8 Å². The average molecular weight is 431 g/mol. The minimum atomic E-state index is 0.0244. The first-order chi connectivity index (χ1) is 16.0. The fourth-order valence-electron chi connectivity index (χ4n) is 2.43. The van der Waals surface area contributed by atoms with Crippen LogP contribution in [-0.4, -0.2) is 5.78 Å². The molecule has 0 saturated carbocycles. The Morgan fingerprint density at radius 3 is 1.55 bits per heavy atom. The van der Waals surface area contributed by atoms with Gasteiger partial charge >= 0.3 is 0 Å². The van der Waals surface area contributed by atoms with Gasteiger partial charge in [-0.1, -0.05) is 5.92 Å². The first-order valence-electron chi connectivity index (χ1n) is 9.97. The van der Waals surface area contributed by atoms with Gasteiger partial charge in [-0.25, -0.2) is 0 Å². The molecule has 0 saturated heterocycles. The van der Waals surface area contributed by atoms with Crippen LogP contribution in [0.2, 0.25) is 0 Å². The van der Waals surface area contributed by atoms with E-state index in [0.29, 0.717) is 6.42 Å². The highest BCUT2D eigenvalue weighted by Gasteiger charge is 2.21. The summed E-state index contributed by atoms with van der Waals surface area (Å²) >= 11 is 0. The summed E-state index contributed by atoms with van der Waals surface area (Å²) in [4.78, 5) is 11.2. The van der Waals surface area contributed by atoms with Crippen LogP contribution in [0.15, 0.2) is 33.1 Å². The second-order valence-electron chi connectivity index (χ2n) is 6.46. The third-order valence-corrected chi connectivity index (χ3v) is 3.82. The van der Waals surface area contributed by atoms with Crippen LogP contribution in [0.4, 0.5) is 0 Å². The average Bonchev–Trinajstić information content (AvgIpc) is 3.41. The summed E-state index contributed by atoms with van der Waals surface area (Å²) < 4.78 is 11.3. The van der Waals surface area contributed by atoms with Crippen molar-refractivity contribution in [1.29, 1.82) is 0 Å². The Bertz CT molecular complexity index is 1330. The van der Waals surface area contributed by atoms with Crippen molar-refractivity contribution in [3.8, 4) is 83.4 Å². The summed E-state index contributed by atoms with van der Waals surface area (Å²) in [7, 11) is 0. The molecule has 2 aromatic rings. The number of aryl methyl sites for hydroxylation is 2. The van der Waals surface area contributed by atoms with Gasteiger partial charge < -0.3 is 13.6 Å². The summed E-state index contributed by atoms with van der Waals surface area (Å²) in [6, 6.07) is 7.79. The number of hydrogen-bond donors (Lipinski definition) is 0. The molecule has 33 heavy (non-hydrogen) atoms. The molecule has 0 unspecified atom stereocenters. The molecule has 0 radical (unpaired) electrons. The van der Waals surface area contributed by atoms with Crippen molar-refractivity contribution in [2.24, 2.45) is 0 Å². The van der Waals surface area contributed by atoms with Gasteiger partial charge in [-0.05, 0) is 129 Å². The molecule has 0 aromatic carbocycles. The summed E-state index contributed by atoms with van der Waals surface area (Å²) in [5, 5.41) is 0. The lowest BCUT2D eigenvalue weighted by molar-refractivity contribution is -0.117. The number of Topliss-reactive ketones (excluding diaryl/α,β-unsaturated/α-hetero) is 1. The summed E-state index contributed by atoms with van der Waals surface area (Å²) in [5.74, 6) is 35.6. The van der Waals surface area contributed by atoms with Crippen LogP contribution in [0.25, 0.3) is 0 Å². The normalized spacial score (nSPS) is 7.76. The molecule has 0 fully saturated rings. The van der Waals surface area contributed by atoms with E-state index in [1.807, 2.05) is 38.1 Å². The van der Waals surface area contributed by atoms with Crippen molar-refractivity contribution < 1.29 is 13.6 Å². The van der Waals surface area contributed by atoms with E-state index in [1.165, 1.54) is 0 Å². The molecule has 0 aliphatic carbocycles. The van der Waals surface area contributed by atoms with Gasteiger partial charge in [0.1, 0.15) is 28.8 Å². The molecule has 3 heteroatoms. The van der Waals surface area contributed by atoms with Crippen molar-refractivity contribution in [3.63, 3.8) is 0 Å². The van der Waals surface area contributed by atoms with Crippen LogP contribution in [0.3, 0.4) is 0 Å². The largest absolute Gasteiger partial charge is 0.466 e. The van der Waals surface area contributed by atoms with Crippen LogP contribution in [0.1, 0.15) is 55.6 Å². The van der Waals surface area contributed by atoms with Crippen molar-refractivity contribution in [1.82, 2.24) is 0 Å². The van der Waals surface area contributed by atoms with Crippen LogP contribution in [-0.2, 0) is 4.79 Å². The van der Waals surface area contributed by atoms with Gasteiger partial charge in [0.05, 0.1) is 5.92 Å². The first kappa shape index (κ1) is 26.2. The monoisotopic (exact) mass is 430 g/mol. The second kappa shape index (κ2) is 15.9. The molecule has 0 bridgehead atoms. The highest BCUT2D eigenvalue weighted by atomic mass is 16.4. The van der Waals surface area contributed by atoms with Crippen LogP contribution in [0, 0.1) is 97.2 Å². The molecular formula is C30H22O3. The van der Waals surface area contributed by atoms with E-state index in [2.05, 4.69) is 77.0 Å². The lowest BCUT2D eigenvalue weighted by Crippen LogP contribution is -2.02. The SMILES string of the molecule is C#CC#CC#CC#CC#CC#CC#CC.CC(=O)CCC(c1ccc(C)o1)c1ccc(C)o1. The number of rotatable bonds is 5. The van der Waals surface area contributed by atoms with Gasteiger partial charge in [0.15, 0.2) is 0 Å². The standard InChI is InChI=1S/C15H18O3.C15H4/c1-10(16)4-7-13(14-8-5-11(2)17-14)15-9-6-12(3)18-15;1-3-5-7-9-11-13-15-14-12-10-8-6-4-2/h5-6,8-9,13H,4,7H2,1-3H3;1H,2H3. The predicted molar refractivity (Wildman–Crippen MR) is 130 cm³/mol. The van der Waals surface area contributed by atoms with Gasteiger partial charge in [0.25, 0.3) is 0 Å². The van der Waals surface area contributed by atoms with E-state index in [-0.39, 0.29) is 11.7 Å². The number of terminal acetylenes is 1. The fraction of sp³-hybridized carbons (Fsp3) is 0.233. The number of ketones is 1. The van der Waals surface area contributed by atoms with E-state index >= 15 is 0 Å². The van der Waals surface area contributed by atoms with E-state index in [0.717, 1.165) is 29.5 Å². The first-order valence-corrected chi connectivity index (χ1v) is 9.97. The number of furan rings is 2. The zero-order valence-corrected chi connectivity index (χ0v) is 19.1. The van der Waals surface area contributed by atoms with Gasteiger partial charge in [0, 0.05) is 6.42 Å². The summed E-state index contributed by atoms with van der Waals surface area (Å²) in [5.41, 5.74) is 0. The molecule has 0 N–H and O–H groups in total. The van der Waals surface area contributed by atoms with Crippen molar-refractivity contribution in [2.75, 3.05) is 0 Å². The van der Waals surface area contributed by atoms with Crippen molar-refractivity contribution in [3.05, 3.63) is 47.3 Å². The Balaban J connectivity index is 0.000000337. The smallest absolute Gasteiger partial charge is 0.129 e. The maximum atomic E-state index is 11.2. The highest BCUT2D eigenvalue weighted by molar-refractivity contribution is 5.75. The maximum Gasteiger partial charge on any atom is 0.129 e. The Morgan fingerprint density at radius 1 is 0.788 bits per heavy atom. The van der Waals surface area contributed by atoms with Crippen molar-refractivity contribution in [2.45, 2.75) is 46.5 Å². The quantitative estimate of drug-likeness (QED) is 0.649. The minimum Gasteiger partial charge on any atom is -0.466 e. The molecule has 0 spiro atoms. The molecule has 2 aromatic heterocycles. The topological polar surface area (TPSA) is 43.4 Å². The Kier molecular flexibility index (Phi) is 12.6. The van der Waals surface area contributed by atoms with Crippen LogP contribution >= 0.6 is 0 Å². The lowest BCUT2D eigenvalue weighted by atomic mass is 9.96. The Morgan fingerprint density at radius 2 is 1.21 bits per heavy atom. The van der Waals surface area contributed by atoms with Gasteiger partial charge in [-0.15, -0.1) is 6.42 Å². The minimum absolute atomic E-state index is 0.0244. The number of carbonyl (C=O) groups excluding carboxylic acids is 1. The van der Waals surface area contributed by atoms with Gasteiger partial charge in [0.2, 0.25) is 0 Å². The van der Waals surface area contributed by atoms with E-state index in [4.69, 9.17) is 15.3 Å². The van der Waals surface area contributed by atoms with Crippen LogP contribution in [0.5, 0.6) is 0 Å². The van der Waals surface area contributed by atoms with Gasteiger partial charge in [-0.2, -0.15) is 0 Å². The number of carbonyl (C=O) groups is 1. The maximum absolute atomic E-state index is 11.2. The Labute approximate surface area is 196 Å². The van der Waals surface area contributed by atoms with Crippen LogP contribution < -0.4 is 0 Å². The molecular weight excluding hydrogens is 408 g/mol. The molecule has 0 amide bonds. The van der Waals surface area contributed by atoms with Crippen molar-refractivity contribution >= 4 is 5.78 Å². The lowest BCUT2D eigenvalue weighted by Gasteiger charge is -2.11. The third kappa shape index (κ3) is 11.8. The van der Waals surface area contributed by atoms with E-state index in [9.17, 15) is 4.79 Å². The molecule has 2 rings (SSSR count). The third-order valence-electron chi connectivity index (χ3n) is 3.82. The molecule has 0 atom stereocenters. The molecule has 2 heterocycles. The summed E-state index contributed by atoms with van der Waals surface area (Å²) in [6.45, 7) is 7.14. The molecule has 0 aliphatic heterocycles. The fourth-order valence-corrected chi connectivity index (χ4v) is 2.43. The summed E-state index contributed by atoms with van der Waals surface area (Å²) in [6.07, 6.45) is 6.12. The molecule has 0 aliphatic rings. The molecule has 160 valence electrons.